The van der Waals surface area contributed by atoms with Crippen LogP contribution in [0.5, 0.6) is 11.5 Å². The zero-order chi connectivity index (χ0) is 34.3. The molecule has 3 aliphatic heterocycles. The van der Waals surface area contributed by atoms with E-state index in [0.29, 0.717) is 74.1 Å². The topological polar surface area (TPSA) is 133 Å². The fourth-order valence-corrected chi connectivity index (χ4v) is 7.46. The predicted molar refractivity (Wildman–Crippen MR) is 182 cm³/mol. The highest BCUT2D eigenvalue weighted by molar-refractivity contribution is 5.97. The van der Waals surface area contributed by atoms with E-state index < -0.39 is 11.4 Å². The number of hydrogen-bond acceptors (Lipinski definition) is 8. The Hall–Kier alpha value is -5.28. The average Bonchev–Trinajstić information content (AvgIpc) is 3.68. The minimum Gasteiger partial charge on any atom is -0.457 e. The van der Waals surface area contributed by atoms with Gasteiger partial charge in [-0.2, -0.15) is 5.26 Å². The second kappa shape index (κ2) is 13.0. The number of amides is 2. The highest BCUT2D eigenvalue weighted by Gasteiger charge is 2.40. The number of anilines is 1. The van der Waals surface area contributed by atoms with E-state index in [0.717, 1.165) is 12.8 Å². The molecule has 2 aromatic heterocycles. The molecule has 7 rings (SSSR count). The van der Waals surface area contributed by atoms with Crippen LogP contribution in [0.1, 0.15) is 51.3 Å². The largest absolute Gasteiger partial charge is 0.457 e. The van der Waals surface area contributed by atoms with Gasteiger partial charge < -0.3 is 20.3 Å². The molecule has 0 saturated carbocycles. The third-order valence-corrected chi connectivity index (χ3v) is 10.0. The molecule has 2 amide bonds. The van der Waals surface area contributed by atoms with E-state index in [9.17, 15) is 14.9 Å². The number of para-hydroxylation sites is 1. The van der Waals surface area contributed by atoms with Crippen molar-refractivity contribution >= 4 is 23.1 Å². The summed E-state index contributed by atoms with van der Waals surface area (Å²) in [4.78, 5) is 41.2. The number of ether oxygens (including phenoxy) is 1. The van der Waals surface area contributed by atoms with Crippen LogP contribution < -0.4 is 10.5 Å². The molecule has 2 atom stereocenters. The molecule has 3 aliphatic rings. The Bertz CT molecular complexity index is 1980. The number of imidazole rings is 1. The van der Waals surface area contributed by atoms with E-state index >= 15 is 4.39 Å². The summed E-state index contributed by atoms with van der Waals surface area (Å²) in [6.07, 6.45) is 7.98. The molecule has 2 aromatic carbocycles. The SMILES string of the molecule is CC(C)(C=C(C#N)C(=O)N1CCC[C@@H](c2nc(-c3ccc(Oc4ccccc4)cc3F)c3c(N)nccn23)C1)N1CCN2C(=O)CC[C@@H]2C1. The number of carbonyl (C=O) groups excluding carboxylic acids is 2. The highest BCUT2D eigenvalue weighted by Crippen LogP contribution is 2.37. The van der Waals surface area contributed by atoms with Gasteiger partial charge in [-0.1, -0.05) is 18.2 Å². The van der Waals surface area contributed by atoms with Crippen molar-refractivity contribution in [2.24, 2.45) is 0 Å². The van der Waals surface area contributed by atoms with E-state index in [1.807, 2.05) is 41.3 Å². The van der Waals surface area contributed by atoms with Gasteiger partial charge >= 0.3 is 0 Å². The van der Waals surface area contributed by atoms with Crippen molar-refractivity contribution in [3.05, 3.63) is 84.2 Å². The Balaban J connectivity index is 1.13. The molecule has 0 spiro atoms. The number of nitriles is 1. The van der Waals surface area contributed by atoms with Crippen molar-refractivity contribution in [1.29, 1.82) is 5.26 Å². The highest BCUT2D eigenvalue weighted by atomic mass is 19.1. The maximum absolute atomic E-state index is 15.7. The standard InChI is InChI=1S/C37H39FN8O3/c1-37(2,44-17-18-45-26(23-44)10-13-31(45)47)20-25(21-39)36(48)43-15-6-7-24(22-43)35-42-32(33-34(40)41-14-16-46(33)35)29-12-11-28(19-30(29)38)49-27-8-4-3-5-9-27/h3-5,8-9,11-12,14,16,19-20,24,26H,6-7,10,13,15,17-18,22-23H2,1-2H3,(H2,40,41)/t24-,26-/m1/s1. The van der Waals surface area contributed by atoms with Gasteiger partial charge in [-0.25, -0.2) is 14.4 Å². The van der Waals surface area contributed by atoms with Crippen LogP contribution in [-0.2, 0) is 9.59 Å². The molecule has 12 heteroatoms. The van der Waals surface area contributed by atoms with Crippen molar-refractivity contribution in [2.45, 2.75) is 57.0 Å². The lowest BCUT2D eigenvalue weighted by atomic mass is 9.94. The summed E-state index contributed by atoms with van der Waals surface area (Å²) in [7, 11) is 0. The van der Waals surface area contributed by atoms with Gasteiger partial charge in [0.15, 0.2) is 0 Å². The van der Waals surface area contributed by atoms with E-state index in [1.165, 1.54) is 6.07 Å². The molecule has 0 aliphatic carbocycles. The van der Waals surface area contributed by atoms with E-state index in [1.54, 1.807) is 47.6 Å². The molecule has 3 saturated heterocycles. The van der Waals surface area contributed by atoms with Gasteiger partial charge in [0.25, 0.3) is 5.91 Å². The van der Waals surface area contributed by atoms with E-state index in [-0.39, 0.29) is 40.7 Å². The Labute approximate surface area is 284 Å². The third-order valence-electron chi connectivity index (χ3n) is 10.0. The average molecular weight is 663 g/mol. The first-order chi connectivity index (χ1) is 23.6. The Kier molecular flexibility index (Phi) is 8.54. The van der Waals surface area contributed by atoms with Gasteiger partial charge in [-0.05, 0) is 63.5 Å². The van der Waals surface area contributed by atoms with Crippen LogP contribution in [0, 0.1) is 17.1 Å². The zero-order valence-electron chi connectivity index (χ0n) is 27.7. The molecule has 49 heavy (non-hydrogen) atoms. The number of halogens is 1. The maximum Gasteiger partial charge on any atom is 0.264 e. The first-order valence-electron chi connectivity index (χ1n) is 16.7. The van der Waals surface area contributed by atoms with Crippen LogP contribution in [0.25, 0.3) is 16.8 Å². The van der Waals surface area contributed by atoms with Crippen molar-refractivity contribution in [2.75, 3.05) is 38.5 Å². The monoisotopic (exact) mass is 662 g/mol. The van der Waals surface area contributed by atoms with E-state index in [2.05, 4.69) is 16.0 Å². The molecule has 11 nitrogen and oxygen atoms in total. The zero-order valence-corrected chi connectivity index (χ0v) is 27.7. The number of hydrogen-bond donors (Lipinski definition) is 1. The molecular weight excluding hydrogens is 623 g/mol. The normalized spacial score (nSPS) is 20.4. The summed E-state index contributed by atoms with van der Waals surface area (Å²) < 4.78 is 23.4. The van der Waals surface area contributed by atoms with Crippen molar-refractivity contribution in [3.63, 3.8) is 0 Å². The summed E-state index contributed by atoms with van der Waals surface area (Å²) >= 11 is 0. The second-order valence-electron chi connectivity index (χ2n) is 13.5. The number of likely N-dealkylation sites (tertiary alicyclic amines) is 1. The van der Waals surface area contributed by atoms with Gasteiger partial charge in [0, 0.05) is 80.7 Å². The number of benzene rings is 2. The Morgan fingerprint density at radius 1 is 1.10 bits per heavy atom. The summed E-state index contributed by atoms with van der Waals surface area (Å²) in [5, 5.41) is 10.2. The first-order valence-corrected chi connectivity index (χ1v) is 16.7. The fraction of sp³-hybridized carbons (Fsp3) is 0.378. The molecule has 2 N–H and O–H groups in total. The molecule has 5 heterocycles. The molecule has 4 aromatic rings. The molecule has 252 valence electrons. The molecule has 0 radical (unpaired) electrons. The Morgan fingerprint density at radius 2 is 1.92 bits per heavy atom. The second-order valence-corrected chi connectivity index (χ2v) is 13.5. The number of fused-ring (bicyclic) bond motifs is 2. The van der Waals surface area contributed by atoms with Crippen LogP contribution in [0.3, 0.4) is 0 Å². The summed E-state index contributed by atoms with van der Waals surface area (Å²) in [6, 6.07) is 16.1. The number of piperidine rings is 1. The molecule has 0 unspecified atom stereocenters. The fourth-order valence-electron chi connectivity index (χ4n) is 7.46. The van der Waals surface area contributed by atoms with Gasteiger partial charge in [0.2, 0.25) is 5.91 Å². The lowest BCUT2D eigenvalue weighted by Crippen LogP contribution is -2.57. The van der Waals surface area contributed by atoms with Crippen LogP contribution in [0.2, 0.25) is 0 Å². The quantitative estimate of drug-likeness (QED) is 0.212. The minimum atomic E-state index is -0.557. The number of piperazine rings is 1. The number of nitrogen functional groups attached to an aromatic ring is 1. The summed E-state index contributed by atoms with van der Waals surface area (Å²) in [5.74, 6) is 0.981. The molecule has 3 fully saturated rings. The van der Waals surface area contributed by atoms with Gasteiger partial charge in [-0.3, -0.25) is 18.9 Å². The van der Waals surface area contributed by atoms with Crippen molar-refractivity contribution in [3.8, 4) is 28.8 Å². The van der Waals surface area contributed by atoms with E-state index in [4.69, 9.17) is 15.5 Å². The van der Waals surface area contributed by atoms with Crippen LogP contribution in [0.15, 0.2) is 72.6 Å². The number of rotatable bonds is 7. The first kappa shape index (κ1) is 32.3. The van der Waals surface area contributed by atoms with Crippen LogP contribution in [0.4, 0.5) is 10.2 Å². The van der Waals surface area contributed by atoms with Gasteiger partial charge in [0.05, 0.1) is 0 Å². The van der Waals surface area contributed by atoms with Gasteiger partial charge in [-0.15, -0.1) is 0 Å². The van der Waals surface area contributed by atoms with Crippen LogP contribution in [-0.4, -0.2) is 85.2 Å². The predicted octanol–water partition coefficient (Wildman–Crippen LogP) is 5.15. The number of nitrogens with zero attached hydrogens (tertiary/aromatic N) is 7. The van der Waals surface area contributed by atoms with Gasteiger partial charge in [0.1, 0.15) is 51.8 Å². The maximum atomic E-state index is 15.7. The lowest BCUT2D eigenvalue weighted by molar-refractivity contribution is -0.131. The summed E-state index contributed by atoms with van der Waals surface area (Å²) in [5.41, 5.74) is 7.00. The van der Waals surface area contributed by atoms with Crippen LogP contribution >= 0.6 is 0 Å². The van der Waals surface area contributed by atoms with Crippen molar-refractivity contribution < 1.29 is 18.7 Å². The summed E-state index contributed by atoms with van der Waals surface area (Å²) in [6.45, 7) is 6.92. The number of nitrogens with two attached hydrogens (primary N) is 1. The molecule has 0 bridgehead atoms. The molecular formula is C37H39FN8O3. The number of aromatic nitrogens is 3. The smallest absolute Gasteiger partial charge is 0.264 e. The number of carbonyl (C=O) groups is 2. The Morgan fingerprint density at radius 3 is 2.69 bits per heavy atom. The third kappa shape index (κ3) is 6.22. The van der Waals surface area contributed by atoms with Crippen molar-refractivity contribution in [1.82, 2.24) is 29.1 Å². The minimum absolute atomic E-state index is 0.0950. The lowest BCUT2D eigenvalue weighted by Gasteiger charge is -2.45.